The molecule has 0 spiro atoms. The van der Waals surface area contributed by atoms with E-state index in [1.807, 2.05) is 0 Å². The van der Waals surface area contributed by atoms with Crippen LogP contribution < -0.4 is 10.1 Å². The minimum atomic E-state index is 0.619. The number of nitrogens with one attached hydrogen (secondary N) is 1. The molecule has 1 aromatic rings. The van der Waals surface area contributed by atoms with Crippen molar-refractivity contribution in [2.75, 3.05) is 19.7 Å². The Morgan fingerprint density at radius 2 is 2.19 bits per heavy atom. The maximum atomic E-state index is 5.89. The third-order valence-corrected chi connectivity index (χ3v) is 5.23. The zero-order valence-electron chi connectivity index (χ0n) is 13.0. The Bertz CT molecular complexity index is 506. The standard InChI is InChI=1S/C17H25BrN2O/c1-3-15-11-20(16(4-2)9-19-15)10-13-8-14(18)7-12-5-6-21-17(12)13/h7-8,15-16,19H,3-6,9-11H2,1-2H3. The van der Waals surface area contributed by atoms with E-state index >= 15 is 0 Å². The van der Waals surface area contributed by atoms with Crippen LogP contribution in [0.25, 0.3) is 0 Å². The average Bonchev–Trinajstić information content (AvgIpc) is 2.95. The number of ether oxygens (including phenoxy) is 1. The Balaban J connectivity index is 1.81. The van der Waals surface area contributed by atoms with Crippen molar-refractivity contribution in [1.29, 1.82) is 0 Å². The molecule has 1 aromatic carbocycles. The van der Waals surface area contributed by atoms with Crippen LogP contribution in [-0.2, 0) is 13.0 Å². The maximum absolute atomic E-state index is 5.89. The Morgan fingerprint density at radius 1 is 1.33 bits per heavy atom. The summed E-state index contributed by atoms with van der Waals surface area (Å²) in [6.07, 6.45) is 3.43. The molecule has 3 nitrogen and oxygen atoms in total. The van der Waals surface area contributed by atoms with Gasteiger partial charge in [-0.2, -0.15) is 0 Å². The van der Waals surface area contributed by atoms with Crippen LogP contribution in [0, 0.1) is 0 Å². The number of piperazine rings is 1. The smallest absolute Gasteiger partial charge is 0.127 e. The molecule has 1 fully saturated rings. The largest absolute Gasteiger partial charge is 0.493 e. The average molecular weight is 353 g/mol. The zero-order valence-corrected chi connectivity index (χ0v) is 14.6. The highest BCUT2D eigenvalue weighted by Crippen LogP contribution is 2.34. The molecule has 2 unspecified atom stereocenters. The molecule has 21 heavy (non-hydrogen) atoms. The number of nitrogens with zero attached hydrogens (tertiary/aromatic N) is 1. The van der Waals surface area contributed by atoms with Crippen molar-refractivity contribution < 1.29 is 4.74 Å². The number of fused-ring (bicyclic) bond motifs is 1. The summed E-state index contributed by atoms with van der Waals surface area (Å²) in [6.45, 7) is 8.62. The van der Waals surface area contributed by atoms with Crippen LogP contribution in [-0.4, -0.2) is 36.7 Å². The Morgan fingerprint density at radius 3 is 2.95 bits per heavy atom. The Labute approximate surface area is 136 Å². The van der Waals surface area contributed by atoms with Crippen LogP contribution in [0.3, 0.4) is 0 Å². The molecule has 0 aromatic heterocycles. The third kappa shape index (κ3) is 3.27. The summed E-state index contributed by atoms with van der Waals surface area (Å²) in [7, 11) is 0. The third-order valence-electron chi connectivity index (χ3n) is 4.78. The quantitative estimate of drug-likeness (QED) is 0.899. The van der Waals surface area contributed by atoms with Crippen molar-refractivity contribution in [2.45, 2.75) is 51.7 Å². The van der Waals surface area contributed by atoms with Crippen molar-refractivity contribution in [3.63, 3.8) is 0 Å². The van der Waals surface area contributed by atoms with Crippen LogP contribution in [0.15, 0.2) is 16.6 Å². The van der Waals surface area contributed by atoms with E-state index in [9.17, 15) is 0 Å². The molecule has 2 atom stereocenters. The first-order valence-electron chi connectivity index (χ1n) is 8.12. The zero-order chi connectivity index (χ0) is 14.8. The predicted molar refractivity (Wildman–Crippen MR) is 89.9 cm³/mol. The highest BCUT2D eigenvalue weighted by molar-refractivity contribution is 9.10. The number of hydrogen-bond acceptors (Lipinski definition) is 3. The fourth-order valence-electron chi connectivity index (χ4n) is 3.48. The Kier molecular flexibility index (Phi) is 4.87. The lowest BCUT2D eigenvalue weighted by atomic mass is 10.0. The van der Waals surface area contributed by atoms with Gasteiger partial charge in [-0.15, -0.1) is 0 Å². The Hall–Kier alpha value is -0.580. The lowest BCUT2D eigenvalue weighted by molar-refractivity contribution is 0.116. The summed E-state index contributed by atoms with van der Waals surface area (Å²) < 4.78 is 7.06. The molecule has 0 radical (unpaired) electrons. The molecular formula is C17H25BrN2O. The summed E-state index contributed by atoms with van der Waals surface area (Å²) in [5, 5.41) is 3.67. The van der Waals surface area contributed by atoms with Crippen LogP contribution in [0.4, 0.5) is 0 Å². The lowest BCUT2D eigenvalue weighted by Crippen LogP contribution is -2.55. The summed E-state index contributed by atoms with van der Waals surface area (Å²) in [4.78, 5) is 2.63. The molecule has 2 aliphatic heterocycles. The van der Waals surface area contributed by atoms with E-state index in [4.69, 9.17) is 4.74 Å². The first-order valence-corrected chi connectivity index (χ1v) is 8.92. The molecule has 0 aliphatic carbocycles. The highest BCUT2D eigenvalue weighted by Gasteiger charge is 2.27. The number of rotatable bonds is 4. The second-order valence-corrected chi connectivity index (χ2v) is 7.07. The van der Waals surface area contributed by atoms with Gasteiger partial charge in [-0.1, -0.05) is 29.8 Å². The monoisotopic (exact) mass is 352 g/mol. The van der Waals surface area contributed by atoms with Crippen molar-refractivity contribution in [3.8, 4) is 5.75 Å². The van der Waals surface area contributed by atoms with Gasteiger partial charge in [0.05, 0.1) is 6.61 Å². The number of benzene rings is 1. The van der Waals surface area contributed by atoms with Gasteiger partial charge in [0.25, 0.3) is 0 Å². The van der Waals surface area contributed by atoms with Gasteiger partial charge in [0, 0.05) is 48.2 Å². The van der Waals surface area contributed by atoms with E-state index in [2.05, 4.69) is 52.1 Å². The minimum Gasteiger partial charge on any atom is -0.493 e. The minimum absolute atomic E-state index is 0.619. The van der Waals surface area contributed by atoms with Gasteiger partial charge in [-0.3, -0.25) is 4.90 Å². The van der Waals surface area contributed by atoms with Gasteiger partial charge in [-0.25, -0.2) is 0 Å². The molecule has 0 bridgehead atoms. The molecular weight excluding hydrogens is 328 g/mol. The van der Waals surface area contributed by atoms with Crippen LogP contribution in [0.2, 0.25) is 0 Å². The highest BCUT2D eigenvalue weighted by atomic mass is 79.9. The summed E-state index contributed by atoms with van der Waals surface area (Å²) in [5.41, 5.74) is 2.70. The fraction of sp³-hybridized carbons (Fsp3) is 0.647. The lowest BCUT2D eigenvalue weighted by Gasteiger charge is -2.40. The predicted octanol–water partition coefficient (Wildman–Crippen LogP) is 3.35. The van der Waals surface area contributed by atoms with Crippen LogP contribution >= 0.6 is 15.9 Å². The second-order valence-electron chi connectivity index (χ2n) is 6.16. The van der Waals surface area contributed by atoms with Crippen molar-refractivity contribution in [1.82, 2.24) is 10.2 Å². The number of hydrogen-bond donors (Lipinski definition) is 1. The van der Waals surface area contributed by atoms with Crippen molar-refractivity contribution in [3.05, 3.63) is 27.7 Å². The summed E-state index contributed by atoms with van der Waals surface area (Å²) >= 11 is 3.65. The summed E-state index contributed by atoms with van der Waals surface area (Å²) in [6, 6.07) is 5.69. The van der Waals surface area contributed by atoms with Crippen molar-refractivity contribution in [2.24, 2.45) is 0 Å². The molecule has 0 amide bonds. The number of halogens is 1. The first-order chi connectivity index (χ1) is 10.2. The van der Waals surface area contributed by atoms with Gasteiger partial charge in [0.2, 0.25) is 0 Å². The molecule has 1 saturated heterocycles. The van der Waals surface area contributed by atoms with Crippen LogP contribution in [0.5, 0.6) is 5.75 Å². The molecule has 0 saturated carbocycles. The fourth-order valence-corrected chi connectivity index (χ4v) is 4.03. The topological polar surface area (TPSA) is 24.5 Å². The molecule has 1 N–H and O–H groups in total. The summed E-state index contributed by atoms with van der Waals surface area (Å²) in [5.74, 6) is 1.14. The van der Waals surface area contributed by atoms with Gasteiger partial charge in [0.1, 0.15) is 5.75 Å². The molecule has 116 valence electrons. The molecule has 2 heterocycles. The van der Waals surface area contributed by atoms with Gasteiger partial charge in [-0.05, 0) is 30.5 Å². The van der Waals surface area contributed by atoms with E-state index in [1.165, 1.54) is 28.4 Å². The molecule has 4 heteroatoms. The second kappa shape index (κ2) is 6.67. The van der Waals surface area contributed by atoms with Crippen molar-refractivity contribution >= 4 is 15.9 Å². The van der Waals surface area contributed by atoms with E-state index in [1.54, 1.807) is 0 Å². The van der Waals surface area contributed by atoms with Gasteiger partial charge < -0.3 is 10.1 Å². The van der Waals surface area contributed by atoms with E-state index in [0.29, 0.717) is 12.1 Å². The normalized spacial score (nSPS) is 25.7. The first kappa shape index (κ1) is 15.3. The van der Waals surface area contributed by atoms with E-state index < -0.39 is 0 Å². The molecule has 2 aliphatic rings. The van der Waals surface area contributed by atoms with Gasteiger partial charge >= 0.3 is 0 Å². The van der Waals surface area contributed by atoms with Gasteiger partial charge in [0.15, 0.2) is 0 Å². The molecule has 3 rings (SSSR count). The SMILES string of the molecule is CCC1CN(Cc2cc(Br)cc3c2OCC3)C(CC)CN1. The van der Waals surface area contributed by atoms with E-state index in [0.717, 1.165) is 38.4 Å². The van der Waals surface area contributed by atoms with E-state index in [-0.39, 0.29) is 0 Å². The van der Waals surface area contributed by atoms with Crippen LogP contribution in [0.1, 0.15) is 37.8 Å². The maximum Gasteiger partial charge on any atom is 0.127 e.